The molecule has 0 saturated heterocycles. The summed E-state index contributed by atoms with van der Waals surface area (Å²) in [6.07, 6.45) is 0. The fourth-order valence-electron chi connectivity index (χ4n) is 1.46. The van der Waals surface area contributed by atoms with Gasteiger partial charge < -0.3 is 10.1 Å². The van der Waals surface area contributed by atoms with Crippen LogP contribution in [-0.4, -0.2) is 51.2 Å². The normalized spacial score (nSPS) is 11.9. The molecule has 0 atom stereocenters. The number of methoxy groups -OCH3 is 1. The average molecular weight is 216 g/mol. The maximum absolute atomic E-state index is 11.4. The summed E-state index contributed by atoms with van der Waals surface area (Å²) in [5.41, 5.74) is 0.224. The van der Waals surface area contributed by atoms with Crippen LogP contribution in [0, 0.1) is 5.41 Å². The number of hydrogen-bond donors (Lipinski definition) is 1. The fraction of sp³-hybridized carbons (Fsp3) is 0.909. The Bertz CT molecular complexity index is 188. The lowest BCUT2D eigenvalue weighted by Gasteiger charge is -2.25. The molecule has 0 aliphatic heterocycles. The molecular formula is C11H24N2O2. The van der Waals surface area contributed by atoms with Crippen molar-refractivity contribution in [3.63, 3.8) is 0 Å². The minimum absolute atomic E-state index is 0.0544. The number of likely N-dealkylation sites (N-methyl/N-ethyl adjacent to an activating group) is 1. The van der Waals surface area contributed by atoms with Crippen molar-refractivity contribution in [1.29, 1.82) is 0 Å². The first-order chi connectivity index (χ1) is 6.85. The Morgan fingerprint density at radius 2 is 2.00 bits per heavy atom. The third kappa shape index (κ3) is 9.69. The second-order valence-corrected chi connectivity index (χ2v) is 5.08. The molecule has 1 N–H and O–H groups in total. The molecule has 0 aliphatic carbocycles. The largest absolute Gasteiger partial charge is 0.383 e. The lowest BCUT2D eigenvalue weighted by Crippen LogP contribution is -2.39. The monoisotopic (exact) mass is 216 g/mol. The number of hydrogen-bond acceptors (Lipinski definition) is 3. The summed E-state index contributed by atoms with van der Waals surface area (Å²) in [4.78, 5) is 13.4. The third-order valence-electron chi connectivity index (χ3n) is 1.79. The summed E-state index contributed by atoms with van der Waals surface area (Å²) in [7, 11) is 3.58. The maximum atomic E-state index is 11.4. The van der Waals surface area contributed by atoms with Gasteiger partial charge in [-0.05, 0) is 12.5 Å². The molecule has 0 fully saturated rings. The minimum Gasteiger partial charge on any atom is -0.383 e. The number of amides is 1. The zero-order valence-corrected chi connectivity index (χ0v) is 10.6. The van der Waals surface area contributed by atoms with Crippen LogP contribution < -0.4 is 5.32 Å². The van der Waals surface area contributed by atoms with E-state index in [2.05, 4.69) is 26.1 Å². The highest BCUT2D eigenvalue weighted by atomic mass is 16.5. The number of ether oxygens (including phenoxy) is 1. The van der Waals surface area contributed by atoms with Crippen LogP contribution in [0.25, 0.3) is 0 Å². The van der Waals surface area contributed by atoms with E-state index in [0.717, 1.165) is 6.54 Å². The number of nitrogens with one attached hydrogen (secondary N) is 1. The molecule has 0 bridgehead atoms. The van der Waals surface area contributed by atoms with E-state index in [1.807, 2.05) is 11.9 Å². The Hall–Kier alpha value is -0.610. The van der Waals surface area contributed by atoms with Gasteiger partial charge in [0.1, 0.15) is 0 Å². The van der Waals surface area contributed by atoms with Gasteiger partial charge in [0.15, 0.2) is 0 Å². The van der Waals surface area contributed by atoms with Gasteiger partial charge in [0, 0.05) is 20.2 Å². The van der Waals surface area contributed by atoms with Gasteiger partial charge in [-0.15, -0.1) is 0 Å². The molecule has 0 heterocycles. The average Bonchev–Trinajstić information content (AvgIpc) is 2.00. The van der Waals surface area contributed by atoms with Crippen molar-refractivity contribution in [2.45, 2.75) is 20.8 Å². The quantitative estimate of drug-likeness (QED) is 0.665. The molecule has 90 valence electrons. The number of nitrogens with zero attached hydrogens (tertiary/aromatic N) is 1. The van der Waals surface area contributed by atoms with Gasteiger partial charge in [-0.25, -0.2) is 0 Å². The van der Waals surface area contributed by atoms with Crippen LogP contribution in [0.4, 0.5) is 0 Å². The van der Waals surface area contributed by atoms with Crippen molar-refractivity contribution < 1.29 is 9.53 Å². The molecule has 0 rings (SSSR count). The second-order valence-electron chi connectivity index (χ2n) is 5.08. The van der Waals surface area contributed by atoms with E-state index in [4.69, 9.17) is 4.74 Å². The summed E-state index contributed by atoms with van der Waals surface area (Å²) < 4.78 is 4.85. The standard InChI is InChI=1S/C11H24N2O2/c1-11(2,3)9-13(4)8-10(14)12-6-7-15-5/h6-9H2,1-5H3,(H,12,14). The molecule has 4 nitrogen and oxygen atoms in total. The summed E-state index contributed by atoms with van der Waals surface area (Å²) in [6.45, 7) is 8.98. The molecule has 0 spiro atoms. The highest BCUT2D eigenvalue weighted by Crippen LogP contribution is 2.13. The van der Waals surface area contributed by atoms with Crippen LogP contribution in [0.1, 0.15) is 20.8 Å². The van der Waals surface area contributed by atoms with Gasteiger partial charge >= 0.3 is 0 Å². The lowest BCUT2D eigenvalue weighted by molar-refractivity contribution is -0.122. The molecule has 0 unspecified atom stereocenters. The van der Waals surface area contributed by atoms with Gasteiger partial charge in [-0.1, -0.05) is 20.8 Å². The smallest absolute Gasteiger partial charge is 0.234 e. The lowest BCUT2D eigenvalue weighted by atomic mass is 9.96. The second kappa shape index (κ2) is 6.80. The summed E-state index contributed by atoms with van der Waals surface area (Å²) >= 11 is 0. The van der Waals surface area contributed by atoms with Crippen molar-refractivity contribution in [3.05, 3.63) is 0 Å². The Morgan fingerprint density at radius 1 is 1.40 bits per heavy atom. The van der Waals surface area contributed by atoms with Crippen molar-refractivity contribution in [2.24, 2.45) is 5.41 Å². The zero-order valence-electron chi connectivity index (χ0n) is 10.6. The third-order valence-corrected chi connectivity index (χ3v) is 1.79. The maximum Gasteiger partial charge on any atom is 0.234 e. The Balaban J connectivity index is 3.67. The van der Waals surface area contributed by atoms with Gasteiger partial charge in [0.2, 0.25) is 5.91 Å². The predicted molar refractivity (Wildman–Crippen MR) is 61.8 cm³/mol. The van der Waals surface area contributed by atoms with Crippen molar-refractivity contribution >= 4 is 5.91 Å². The van der Waals surface area contributed by atoms with E-state index in [1.54, 1.807) is 7.11 Å². The highest BCUT2D eigenvalue weighted by molar-refractivity contribution is 5.77. The number of carbonyl (C=O) groups is 1. The van der Waals surface area contributed by atoms with Crippen molar-refractivity contribution in [2.75, 3.05) is 40.4 Å². The molecule has 0 saturated carbocycles. The van der Waals surface area contributed by atoms with Crippen LogP contribution >= 0.6 is 0 Å². The van der Waals surface area contributed by atoms with E-state index >= 15 is 0 Å². The summed E-state index contributed by atoms with van der Waals surface area (Å²) in [5.74, 6) is 0.0544. The first-order valence-corrected chi connectivity index (χ1v) is 5.29. The molecule has 0 aliphatic rings. The van der Waals surface area contributed by atoms with Gasteiger partial charge in [-0.3, -0.25) is 9.69 Å². The summed E-state index contributed by atoms with van der Waals surface area (Å²) in [6, 6.07) is 0. The SMILES string of the molecule is COCCNC(=O)CN(C)CC(C)(C)C. The van der Waals surface area contributed by atoms with Crippen LogP contribution in [0.5, 0.6) is 0 Å². The Morgan fingerprint density at radius 3 is 2.47 bits per heavy atom. The minimum atomic E-state index is 0.0544. The zero-order chi connectivity index (χ0) is 11.9. The molecule has 1 amide bonds. The molecule has 0 aromatic carbocycles. The predicted octanol–water partition coefficient (Wildman–Crippen LogP) is 0.727. The molecule has 0 aromatic rings. The van der Waals surface area contributed by atoms with E-state index in [1.165, 1.54) is 0 Å². The van der Waals surface area contributed by atoms with E-state index < -0.39 is 0 Å². The topological polar surface area (TPSA) is 41.6 Å². The van der Waals surface area contributed by atoms with E-state index in [0.29, 0.717) is 19.7 Å². The first-order valence-electron chi connectivity index (χ1n) is 5.29. The Kier molecular flexibility index (Phi) is 6.52. The van der Waals surface area contributed by atoms with Crippen LogP contribution in [0.2, 0.25) is 0 Å². The van der Waals surface area contributed by atoms with Crippen molar-refractivity contribution in [3.8, 4) is 0 Å². The Labute approximate surface area is 93.0 Å². The molecule has 15 heavy (non-hydrogen) atoms. The molecule has 0 aromatic heterocycles. The number of carbonyl (C=O) groups excluding carboxylic acids is 1. The van der Waals surface area contributed by atoms with Gasteiger partial charge in [-0.2, -0.15) is 0 Å². The highest BCUT2D eigenvalue weighted by Gasteiger charge is 2.15. The fourth-order valence-corrected chi connectivity index (χ4v) is 1.46. The molecule has 4 heteroatoms. The van der Waals surface area contributed by atoms with Crippen LogP contribution in [0.15, 0.2) is 0 Å². The van der Waals surface area contributed by atoms with Crippen molar-refractivity contribution in [1.82, 2.24) is 10.2 Å². The van der Waals surface area contributed by atoms with Crippen LogP contribution in [-0.2, 0) is 9.53 Å². The summed E-state index contributed by atoms with van der Waals surface area (Å²) in [5, 5.41) is 2.79. The first kappa shape index (κ1) is 14.4. The van der Waals surface area contributed by atoms with Gasteiger partial charge in [0.05, 0.1) is 13.2 Å². The van der Waals surface area contributed by atoms with E-state index in [9.17, 15) is 4.79 Å². The number of rotatable bonds is 6. The molecule has 0 radical (unpaired) electrons. The van der Waals surface area contributed by atoms with Gasteiger partial charge in [0.25, 0.3) is 0 Å². The van der Waals surface area contributed by atoms with E-state index in [-0.39, 0.29) is 11.3 Å². The molecular weight excluding hydrogens is 192 g/mol. The van der Waals surface area contributed by atoms with Crippen LogP contribution in [0.3, 0.4) is 0 Å².